The Morgan fingerprint density at radius 3 is 2.38 bits per heavy atom. The molecule has 0 radical (unpaired) electrons. The van der Waals surface area contributed by atoms with E-state index in [0.29, 0.717) is 17.8 Å². The van der Waals surface area contributed by atoms with Gasteiger partial charge in [0, 0.05) is 25.2 Å². The summed E-state index contributed by atoms with van der Waals surface area (Å²) in [5, 5.41) is 9.79. The summed E-state index contributed by atoms with van der Waals surface area (Å²) in [5.74, 6) is -3.08. The number of halogens is 2. The molecule has 0 saturated heterocycles. The van der Waals surface area contributed by atoms with Gasteiger partial charge in [-0.15, -0.1) is 0 Å². The molecule has 0 aliphatic heterocycles. The number of carbonyl (C=O) groups is 3. The van der Waals surface area contributed by atoms with Crippen LogP contribution in [0.5, 0.6) is 0 Å². The van der Waals surface area contributed by atoms with Crippen LogP contribution in [0.1, 0.15) is 65.1 Å². The second-order valence-electron chi connectivity index (χ2n) is 10.0. The number of hydrogen-bond acceptors (Lipinski definition) is 6. The van der Waals surface area contributed by atoms with Gasteiger partial charge in [0.2, 0.25) is 0 Å². The van der Waals surface area contributed by atoms with Crippen molar-refractivity contribution in [2.24, 2.45) is 10.8 Å². The molecule has 0 atom stereocenters. The van der Waals surface area contributed by atoms with Crippen LogP contribution in [0, 0.1) is 22.5 Å². The summed E-state index contributed by atoms with van der Waals surface area (Å²) in [6.45, 7) is 0.408. The number of nitrogens with zero attached hydrogens (tertiary/aromatic N) is 3. The number of benzene rings is 1. The average Bonchev–Trinajstić information content (AvgIpc) is 3.41. The van der Waals surface area contributed by atoms with Crippen molar-refractivity contribution >= 4 is 23.4 Å². The molecule has 2 aromatic heterocycles. The maximum Gasteiger partial charge on any atom is 0.311 e. The fraction of sp³-hybridized carbons (Fsp3) is 0.423. The number of fused-ring (bicyclic) bond motifs is 4. The second kappa shape index (κ2) is 9.53. The Bertz CT molecular complexity index is 1360. The minimum absolute atomic E-state index is 0.00269. The minimum Gasteiger partial charge on any atom is -0.469 e. The van der Waals surface area contributed by atoms with Crippen LogP contribution < -0.4 is 10.6 Å². The molecule has 2 bridgehead atoms. The van der Waals surface area contributed by atoms with Gasteiger partial charge in [-0.1, -0.05) is 6.07 Å². The largest absolute Gasteiger partial charge is 0.469 e. The number of methoxy groups -OCH3 is 1. The fourth-order valence-corrected chi connectivity index (χ4v) is 5.52. The van der Waals surface area contributed by atoms with E-state index in [4.69, 9.17) is 4.74 Å². The first-order valence-corrected chi connectivity index (χ1v) is 12.2. The Balaban J connectivity index is 1.28. The zero-order chi connectivity index (χ0) is 26.2. The fourth-order valence-electron chi connectivity index (χ4n) is 5.52. The van der Waals surface area contributed by atoms with E-state index in [0.717, 1.165) is 50.7 Å². The van der Waals surface area contributed by atoms with Crippen molar-refractivity contribution in [2.45, 2.75) is 45.1 Å². The van der Waals surface area contributed by atoms with Crippen LogP contribution in [0.25, 0.3) is 5.65 Å². The number of amides is 2. The molecule has 1 aromatic carbocycles. The molecule has 3 aliphatic carbocycles. The molecule has 6 rings (SSSR count). The number of aromatic nitrogens is 3. The van der Waals surface area contributed by atoms with E-state index < -0.39 is 28.9 Å². The van der Waals surface area contributed by atoms with Crippen molar-refractivity contribution < 1.29 is 27.9 Å². The number of nitrogens with one attached hydrogen (secondary N) is 2. The molecular weight excluding hydrogens is 484 g/mol. The minimum atomic E-state index is -1.00. The lowest BCUT2D eigenvalue weighted by Crippen LogP contribution is -2.50. The quantitative estimate of drug-likeness (QED) is 0.471. The number of esters is 1. The number of ether oxygens (including phenoxy) is 1. The summed E-state index contributed by atoms with van der Waals surface area (Å²) in [4.78, 5) is 42.6. The van der Waals surface area contributed by atoms with Crippen molar-refractivity contribution in [3.05, 3.63) is 65.1 Å². The van der Waals surface area contributed by atoms with E-state index in [1.54, 1.807) is 6.07 Å². The SMILES string of the molecule is COC(=O)C12CCC(CNC(=O)c3cc(C(=O)NCc4ccc(F)c(F)c4)nc4ccnn34)(CC1)CC2. The Morgan fingerprint density at radius 1 is 0.973 bits per heavy atom. The first kappa shape index (κ1) is 24.8. The van der Waals surface area contributed by atoms with E-state index in [1.165, 1.54) is 30.0 Å². The maximum absolute atomic E-state index is 13.5. The molecule has 11 heteroatoms. The zero-order valence-corrected chi connectivity index (χ0v) is 20.4. The standard InChI is InChI=1S/C26H27F2N5O4/c1-37-24(36)26-8-5-25(6-9-26,7-10-26)15-30-23(35)20-13-19(32-21-4-11-31-33(20)21)22(34)29-14-16-2-3-17(27)18(28)12-16/h2-4,11-13H,5-10,14-15H2,1H3,(H,29,34)(H,30,35). The van der Waals surface area contributed by atoms with Crippen LogP contribution in [-0.2, 0) is 16.1 Å². The molecule has 2 heterocycles. The molecular formula is C26H27F2N5O4. The summed E-state index contributed by atoms with van der Waals surface area (Å²) >= 11 is 0. The first-order chi connectivity index (χ1) is 17.7. The molecule has 9 nitrogen and oxygen atoms in total. The van der Waals surface area contributed by atoms with Crippen molar-refractivity contribution in [1.29, 1.82) is 0 Å². The summed E-state index contributed by atoms with van der Waals surface area (Å²) in [6.07, 6.45) is 6.20. The lowest BCUT2D eigenvalue weighted by Gasteiger charge is -2.51. The normalized spacial score (nSPS) is 22.6. The third-order valence-corrected chi connectivity index (χ3v) is 7.91. The lowest BCUT2D eigenvalue weighted by molar-refractivity contribution is -0.162. The molecule has 194 valence electrons. The third kappa shape index (κ3) is 4.65. The van der Waals surface area contributed by atoms with E-state index in [1.807, 2.05) is 0 Å². The summed E-state index contributed by atoms with van der Waals surface area (Å²) < 4.78 is 33.0. The summed E-state index contributed by atoms with van der Waals surface area (Å²) in [6, 6.07) is 6.31. The number of carbonyl (C=O) groups excluding carboxylic acids is 3. The molecule has 3 aliphatic rings. The molecule has 3 fully saturated rings. The van der Waals surface area contributed by atoms with E-state index in [2.05, 4.69) is 20.7 Å². The van der Waals surface area contributed by atoms with Crippen LogP contribution in [-0.4, -0.2) is 46.0 Å². The molecule has 37 heavy (non-hydrogen) atoms. The van der Waals surface area contributed by atoms with Gasteiger partial charge in [-0.25, -0.2) is 18.3 Å². The predicted molar refractivity (Wildman–Crippen MR) is 127 cm³/mol. The van der Waals surface area contributed by atoms with Gasteiger partial charge < -0.3 is 15.4 Å². The Kier molecular flexibility index (Phi) is 6.38. The van der Waals surface area contributed by atoms with Gasteiger partial charge in [0.1, 0.15) is 11.4 Å². The van der Waals surface area contributed by atoms with E-state index >= 15 is 0 Å². The van der Waals surface area contributed by atoms with Gasteiger partial charge in [0.25, 0.3) is 11.8 Å². The first-order valence-electron chi connectivity index (χ1n) is 12.2. The number of hydrogen-bond donors (Lipinski definition) is 2. The van der Waals surface area contributed by atoms with Gasteiger partial charge in [-0.2, -0.15) is 5.10 Å². The molecule has 3 aromatic rings. The van der Waals surface area contributed by atoms with Crippen LogP contribution in [0.4, 0.5) is 8.78 Å². The highest BCUT2D eigenvalue weighted by molar-refractivity contribution is 5.98. The molecule has 0 spiro atoms. The molecule has 0 unspecified atom stereocenters. The van der Waals surface area contributed by atoms with Crippen molar-refractivity contribution in [1.82, 2.24) is 25.2 Å². The Labute approximate surface area is 211 Å². The zero-order valence-electron chi connectivity index (χ0n) is 20.4. The van der Waals surface area contributed by atoms with Gasteiger partial charge in [0.15, 0.2) is 17.3 Å². The smallest absolute Gasteiger partial charge is 0.311 e. The van der Waals surface area contributed by atoms with Crippen LogP contribution in [0.2, 0.25) is 0 Å². The highest BCUT2D eigenvalue weighted by Gasteiger charge is 2.53. The number of rotatable bonds is 7. The van der Waals surface area contributed by atoms with Gasteiger partial charge >= 0.3 is 5.97 Å². The van der Waals surface area contributed by atoms with E-state index in [-0.39, 0.29) is 29.3 Å². The molecule has 3 saturated carbocycles. The van der Waals surface area contributed by atoms with Crippen molar-refractivity contribution in [3.63, 3.8) is 0 Å². The van der Waals surface area contributed by atoms with Gasteiger partial charge in [-0.05, 0) is 61.6 Å². The third-order valence-electron chi connectivity index (χ3n) is 7.91. The highest BCUT2D eigenvalue weighted by Crippen LogP contribution is 2.57. The van der Waals surface area contributed by atoms with Crippen LogP contribution in [0.3, 0.4) is 0 Å². The van der Waals surface area contributed by atoms with Crippen molar-refractivity contribution in [3.8, 4) is 0 Å². The van der Waals surface area contributed by atoms with Crippen molar-refractivity contribution in [2.75, 3.05) is 13.7 Å². The Hall–Kier alpha value is -3.89. The van der Waals surface area contributed by atoms with Gasteiger partial charge in [-0.3, -0.25) is 14.4 Å². The summed E-state index contributed by atoms with van der Waals surface area (Å²) in [7, 11) is 1.43. The van der Waals surface area contributed by atoms with Crippen LogP contribution in [0.15, 0.2) is 36.5 Å². The lowest BCUT2D eigenvalue weighted by atomic mass is 9.53. The molecule has 2 amide bonds. The average molecular weight is 512 g/mol. The predicted octanol–water partition coefficient (Wildman–Crippen LogP) is 3.18. The summed E-state index contributed by atoms with van der Waals surface area (Å²) in [5.41, 5.74) is 0.381. The van der Waals surface area contributed by atoms with E-state index in [9.17, 15) is 23.2 Å². The Morgan fingerprint density at radius 2 is 1.70 bits per heavy atom. The molecule has 2 N–H and O–H groups in total. The monoisotopic (exact) mass is 511 g/mol. The van der Waals surface area contributed by atoms with Gasteiger partial charge in [0.05, 0.1) is 18.7 Å². The second-order valence-corrected chi connectivity index (χ2v) is 10.0. The topological polar surface area (TPSA) is 115 Å². The maximum atomic E-state index is 13.5. The highest BCUT2D eigenvalue weighted by atomic mass is 19.2. The van der Waals surface area contributed by atoms with Crippen LogP contribution >= 0.6 is 0 Å².